The highest BCUT2D eigenvalue weighted by Crippen LogP contribution is 2.32. The summed E-state index contributed by atoms with van der Waals surface area (Å²) in [6.45, 7) is 0.376. The minimum absolute atomic E-state index is 0.121. The molecule has 1 atom stereocenters. The maximum Gasteiger partial charge on any atom is 0.227 e. The van der Waals surface area contributed by atoms with Gasteiger partial charge in [-0.25, -0.2) is 0 Å². The van der Waals surface area contributed by atoms with E-state index in [2.05, 4.69) is 5.32 Å². The van der Waals surface area contributed by atoms with Crippen LogP contribution >= 0.6 is 11.6 Å². The van der Waals surface area contributed by atoms with Gasteiger partial charge in [0.1, 0.15) is 5.75 Å². The maximum absolute atomic E-state index is 12.1. The van der Waals surface area contributed by atoms with E-state index < -0.39 is 5.92 Å². The third-order valence-electron chi connectivity index (χ3n) is 3.35. The first kappa shape index (κ1) is 15.6. The molecule has 1 heterocycles. The Hall–Kier alpha value is -1.79. The first-order chi connectivity index (χ1) is 10.1. The molecule has 0 aromatic heterocycles. The molecular weight excluding hydrogens is 296 g/mol. The average molecular weight is 313 g/mol. The number of carbonyl (C=O) groups excluding carboxylic acids is 2. The zero-order valence-corrected chi connectivity index (χ0v) is 12.4. The molecule has 0 bridgehead atoms. The predicted molar refractivity (Wildman–Crippen MR) is 78.6 cm³/mol. The highest BCUT2D eigenvalue weighted by atomic mass is 35.5. The molecule has 0 unspecified atom stereocenters. The van der Waals surface area contributed by atoms with Crippen molar-refractivity contribution in [1.82, 2.24) is 5.32 Å². The lowest BCUT2D eigenvalue weighted by Gasteiger charge is -2.17. The second kappa shape index (κ2) is 6.78. The Morgan fingerprint density at radius 1 is 1.57 bits per heavy atom. The van der Waals surface area contributed by atoms with Crippen LogP contribution < -0.4 is 15.0 Å². The predicted octanol–water partition coefficient (Wildman–Crippen LogP) is 0.810. The van der Waals surface area contributed by atoms with Crippen LogP contribution in [0.1, 0.15) is 6.42 Å². The topological polar surface area (TPSA) is 78.9 Å². The van der Waals surface area contributed by atoms with E-state index in [1.165, 1.54) is 12.0 Å². The Balaban J connectivity index is 2.09. The number of benzene rings is 1. The summed E-state index contributed by atoms with van der Waals surface area (Å²) >= 11 is 6.05. The van der Waals surface area contributed by atoms with Crippen molar-refractivity contribution in [2.75, 3.05) is 31.7 Å². The van der Waals surface area contributed by atoms with Gasteiger partial charge in [0, 0.05) is 25.2 Å². The van der Waals surface area contributed by atoms with Crippen LogP contribution in [0.5, 0.6) is 5.75 Å². The number of rotatable bonds is 5. The van der Waals surface area contributed by atoms with Gasteiger partial charge >= 0.3 is 0 Å². The summed E-state index contributed by atoms with van der Waals surface area (Å²) in [4.78, 5) is 25.4. The van der Waals surface area contributed by atoms with Crippen LogP contribution in [0.2, 0.25) is 5.02 Å². The number of aliphatic hydroxyl groups excluding tert-OH is 1. The van der Waals surface area contributed by atoms with E-state index in [-0.39, 0.29) is 31.4 Å². The zero-order valence-electron chi connectivity index (χ0n) is 11.6. The van der Waals surface area contributed by atoms with Crippen molar-refractivity contribution in [3.63, 3.8) is 0 Å². The van der Waals surface area contributed by atoms with Crippen molar-refractivity contribution >= 4 is 29.1 Å². The van der Waals surface area contributed by atoms with E-state index in [1.807, 2.05) is 0 Å². The molecule has 2 amide bonds. The second-order valence-corrected chi connectivity index (χ2v) is 5.15. The molecule has 0 aliphatic carbocycles. The summed E-state index contributed by atoms with van der Waals surface area (Å²) in [5.74, 6) is -0.228. The molecule has 2 rings (SSSR count). The van der Waals surface area contributed by atoms with Gasteiger partial charge in [-0.05, 0) is 18.2 Å². The zero-order chi connectivity index (χ0) is 15.4. The number of aliphatic hydroxyl groups is 1. The smallest absolute Gasteiger partial charge is 0.227 e. The molecule has 1 aromatic rings. The third-order valence-corrected chi connectivity index (χ3v) is 3.65. The van der Waals surface area contributed by atoms with Gasteiger partial charge in [0.05, 0.1) is 24.7 Å². The van der Waals surface area contributed by atoms with E-state index in [0.717, 1.165) is 0 Å². The van der Waals surface area contributed by atoms with Crippen LogP contribution in [-0.2, 0) is 9.59 Å². The quantitative estimate of drug-likeness (QED) is 0.843. The molecule has 0 saturated carbocycles. The number of anilines is 1. The van der Waals surface area contributed by atoms with Crippen molar-refractivity contribution < 1.29 is 19.4 Å². The number of amides is 2. The van der Waals surface area contributed by atoms with E-state index in [0.29, 0.717) is 23.0 Å². The summed E-state index contributed by atoms with van der Waals surface area (Å²) in [5, 5.41) is 11.7. The standard InChI is InChI=1S/C14H17ClN2O4/c1-21-12-3-2-10(7-11(12)15)17-8-9(6-13(17)19)14(20)16-4-5-18/h2-3,7,9,18H,4-6,8H2,1H3,(H,16,20)/t9-/m0/s1. The normalized spacial score (nSPS) is 18.0. The second-order valence-electron chi connectivity index (χ2n) is 4.74. The Kier molecular flexibility index (Phi) is 5.03. The van der Waals surface area contributed by atoms with Crippen molar-refractivity contribution in [2.24, 2.45) is 5.92 Å². The van der Waals surface area contributed by atoms with Gasteiger partial charge in [0.25, 0.3) is 0 Å². The fourth-order valence-electron chi connectivity index (χ4n) is 2.28. The Bertz CT molecular complexity index is 550. The van der Waals surface area contributed by atoms with Crippen molar-refractivity contribution in [2.45, 2.75) is 6.42 Å². The van der Waals surface area contributed by atoms with Gasteiger partial charge in [0.2, 0.25) is 11.8 Å². The van der Waals surface area contributed by atoms with E-state index in [9.17, 15) is 9.59 Å². The minimum atomic E-state index is -0.412. The SMILES string of the molecule is COc1ccc(N2C[C@@H](C(=O)NCCO)CC2=O)cc1Cl. The molecule has 0 spiro atoms. The van der Waals surface area contributed by atoms with E-state index in [4.69, 9.17) is 21.4 Å². The molecular formula is C14H17ClN2O4. The molecule has 1 aliphatic heterocycles. The van der Waals surface area contributed by atoms with E-state index >= 15 is 0 Å². The maximum atomic E-state index is 12.1. The van der Waals surface area contributed by atoms with Crippen molar-refractivity contribution in [1.29, 1.82) is 0 Å². The summed E-state index contributed by atoms with van der Waals surface area (Å²) in [6, 6.07) is 5.06. The summed E-state index contributed by atoms with van der Waals surface area (Å²) in [5.41, 5.74) is 0.642. The van der Waals surface area contributed by atoms with Crippen LogP contribution in [0.3, 0.4) is 0 Å². The molecule has 0 radical (unpaired) electrons. The summed E-state index contributed by atoms with van der Waals surface area (Å²) < 4.78 is 5.07. The molecule has 1 aliphatic rings. The Labute approximate surface area is 127 Å². The van der Waals surface area contributed by atoms with Gasteiger partial charge in [0.15, 0.2) is 0 Å². The monoisotopic (exact) mass is 312 g/mol. The van der Waals surface area contributed by atoms with Gasteiger partial charge in [-0.2, -0.15) is 0 Å². The molecule has 21 heavy (non-hydrogen) atoms. The fourth-order valence-corrected chi connectivity index (χ4v) is 2.53. The first-order valence-corrected chi connectivity index (χ1v) is 6.97. The minimum Gasteiger partial charge on any atom is -0.495 e. The summed E-state index contributed by atoms with van der Waals surface area (Å²) in [7, 11) is 1.52. The number of hydrogen-bond donors (Lipinski definition) is 2. The molecule has 114 valence electrons. The number of ether oxygens (including phenoxy) is 1. The fraction of sp³-hybridized carbons (Fsp3) is 0.429. The first-order valence-electron chi connectivity index (χ1n) is 6.59. The van der Waals surface area contributed by atoms with Crippen molar-refractivity contribution in [3.8, 4) is 5.75 Å². The van der Waals surface area contributed by atoms with Crippen LogP contribution in [0.15, 0.2) is 18.2 Å². The Morgan fingerprint density at radius 2 is 2.33 bits per heavy atom. The van der Waals surface area contributed by atoms with Gasteiger partial charge in [-0.1, -0.05) is 11.6 Å². The molecule has 2 N–H and O–H groups in total. The van der Waals surface area contributed by atoms with Crippen LogP contribution in [0.4, 0.5) is 5.69 Å². The van der Waals surface area contributed by atoms with Gasteiger partial charge in [-0.3, -0.25) is 9.59 Å². The van der Waals surface area contributed by atoms with Crippen LogP contribution in [-0.4, -0.2) is 43.7 Å². The number of carbonyl (C=O) groups is 2. The lowest BCUT2D eigenvalue weighted by molar-refractivity contribution is -0.126. The number of nitrogens with one attached hydrogen (secondary N) is 1. The average Bonchev–Trinajstić information content (AvgIpc) is 2.86. The van der Waals surface area contributed by atoms with Gasteiger partial charge in [-0.15, -0.1) is 0 Å². The number of hydrogen-bond acceptors (Lipinski definition) is 4. The molecule has 1 aromatic carbocycles. The highest BCUT2D eigenvalue weighted by Gasteiger charge is 2.35. The highest BCUT2D eigenvalue weighted by molar-refractivity contribution is 6.32. The summed E-state index contributed by atoms with van der Waals surface area (Å²) in [6.07, 6.45) is 0.154. The van der Waals surface area contributed by atoms with Gasteiger partial charge < -0.3 is 20.1 Å². The molecule has 6 nitrogen and oxygen atoms in total. The van der Waals surface area contributed by atoms with Crippen LogP contribution in [0.25, 0.3) is 0 Å². The van der Waals surface area contributed by atoms with Crippen molar-refractivity contribution in [3.05, 3.63) is 23.2 Å². The Morgan fingerprint density at radius 3 is 2.95 bits per heavy atom. The molecule has 1 fully saturated rings. The lowest BCUT2D eigenvalue weighted by atomic mass is 10.1. The number of halogens is 1. The van der Waals surface area contributed by atoms with Crippen LogP contribution in [0, 0.1) is 5.92 Å². The number of nitrogens with zero attached hydrogens (tertiary/aromatic N) is 1. The molecule has 7 heteroatoms. The van der Waals surface area contributed by atoms with E-state index in [1.54, 1.807) is 18.2 Å². The largest absolute Gasteiger partial charge is 0.495 e. The number of methoxy groups -OCH3 is 1. The lowest BCUT2D eigenvalue weighted by Crippen LogP contribution is -2.34. The third kappa shape index (κ3) is 3.46. The molecule has 1 saturated heterocycles.